The lowest BCUT2D eigenvalue weighted by Crippen LogP contribution is -2.50. The quantitative estimate of drug-likeness (QED) is 0.680. The number of likely N-dealkylation sites (N-methyl/N-ethyl adjacent to an activating group) is 1. The normalized spacial score (nSPS) is 29.6. The van der Waals surface area contributed by atoms with Gasteiger partial charge in [-0.3, -0.25) is 9.80 Å². The topological polar surface area (TPSA) is 39.2 Å². The van der Waals surface area contributed by atoms with Crippen LogP contribution in [0.25, 0.3) is 0 Å². The van der Waals surface area contributed by atoms with E-state index in [1.807, 2.05) is 0 Å². The van der Waals surface area contributed by atoms with Crippen LogP contribution < -0.4 is 0 Å². The summed E-state index contributed by atoms with van der Waals surface area (Å²) in [6, 6.07) is 0. The van der Waals surface area contributed by atoms with Crippen molar-refractivity contribution < 1.29 is 9.84 Å². The number of piperazine rings is 1. The molecule has 0 amide bonds. The van der Waals surface area contributed by atoms with Crippen molar-refractivity contribution in [1.82, 2.24) is 14.7 Å². The van der Waals surface area contributed by atoms with Crippen LogP contribution in [0.5, 0.6) is 0 Å². The number of nitrogens with zero attached hydrogens (tertiary/aromatic N) is 3. The van der Waals surface area contributed by atoms with Gasteiger partial charge in [0.05, 0.1) is 19.3 Å². The molecule has 0 aromatic carbocycles. The SMILES string of the molecule is CN1CCN(CCN2CCOC(CO)C2)CC1. The number of ether oxygens (including phenoxy) is 1. The first kappa shape index (κ1) is 13.2. The molecule has 0 aromatic rings. The van der Waals surface area contributed by atoms with E-state index in [4.69, 9.17) is 9.84 Å². The number of hydrogen-bond acceptors (Lipinski definition) is 5. The number of rotatable bonds is 4. The molecule has 0 spiro atoms. The highest BCUT2D eigenvalue weighted by molar-refractivity contribution is 4.74. The summed E-state index contributed by atoms with van der Waals surface area (Å²) in [7, 11) is 2.19. The molecular formula is C12H25N3O2. The van der Waals surface area contributed by atoms with Crippen LogP contribution in [0.2, 0.25) is 0 Å². The molecule has 0 saturated carbocycles. The first-order valence-electron chi connectivity index (χ1n) is 6.63. The van der Waals surface area contributed by atoms with Gasteiger partial charge in [0.25, 0.3) is 0 Å². The first-order chi connectivity index (χ1) is 8.28. The summed E-state index contributed by atoms with van der Waals surface area (Å²) >= 11 is 0. The van der Waals surface area contributed by atoms with Crippen LogP contribution in [0.4, 0.5) is 0 Å². The lowest BCUT2D eigenvalue weighted by Gasteiger charge is -2.36. The molecule has 2 heterocycles. The molecule has 17 heavy (non-hydrogen) atoms. The van der Waals surface area contributed by atoms with E-state index in [0.717, 1.165) is 32.8 Å². The van der Waals surface area contributed by atoms with Gasteiger partial charge in [-0.05, 0) is 7.05 Å². The first-order valence-corrected chi connectivity index (χ1v) is 6.63. The third-order valence-electron chi connectivity index (χ3n) is 3.75. The van der Waals surface area contributed by atoms with Crippen molar-refractivity contribution in [3.8, 4) is 0 Å². The zero-order chi connectivity index (χ0) is 12.1. The van der Waals surface area contributed by atoms with Crippen LogP contribution in [0.1, 0.15) is 0 Å². The van der Waals surface area contributed by atoms with Gasteiger partial charge in [-0.2, -0.15) is 0 Å². The molecule has 1 atom stereocenters. The van der Waals surface area contributed by atoms with E-state index in [1.54, 1.807) is 0 Å². The molecule has 2 fully saturated rings. The van der Waals surface area contributed by atoms with Gasteiger partial charge >= 0.3 is 0 Å². The highest BCUT2D eigenvalue weighted by atomic mass is 16.5. The van der Waals surface area contributed by atoms with Gasteiger partial charge in [0.15, 0.2) is 0 Å². The molecule has 2 rings (SSSR count). The smallest absolute Gasteiger partial charge is 0.0932 e. The molecule has 100 valence electrons. The van der Waals surface area contributed by atoms with Crippen LogP contribution in [-0.2, 0) is 4.74 Å². The largest absolute Gasteiger partial charge is 0.394 e. The predicted octanol–water partition coefficient (Wildman–Crippen LogP) is -1.07. The van der Waals surface area contributed by atoms with Crippen LogP contribution in [-0.4, -0.2) is 98.5 Å². The van der Waals surface area contributed by atoms with Gasteiger partial charge in [0.2, 0.25) is 0 Å². The number of aliphatic hydroxyl groups excluding tert-OH is 1. The fraction of sp³-hybridized carbons (Fsp3) is 1.00. The van der Waals surface area contributed by atoms with E-state index in [0.29, 0.717) is 0 Å². The molecule has 5 heteroatoms. The molecule has 1 N–H and O–H groups in total. The van der Waals surface area contributed by atoms with Gasteiger partial charge in [-0.15, -0.1) is 0 Å². The Labute approximate surface area is 104 Å². The van der Waals surface area contributed by atoms with Crippen LogP contribution in [0.3, 0.4) is 0 Å². The van der Waals surface area contributed by atoms with Crippen molar-refractivity contribution in [2.24, 2.45) is 0 Å². The molecule has 0 bridgehead atoms. The average Bonchev–Trinajstić information content (AvgIpc) is 2.38. The summed E-state index contributed by atoms with van der Waals surface area (Å²) < 4.78 is 5.45. The Kier molecular flexibility index (Phi) is 5.18. The summed E-state index contributed by atoms with van der Waals surface area (Å²) in [5.41, 5.74) is 0. The Morgan fingerprint density at radius 1 is 1.06 bits per heavy atom. The zero-order valence-corrected chi connectivity index (χ0v) is 10.8. The van der Waals surface area contributed by atoms with Gasteiger partial charge in [-0.1, -0.05) is 0 Å². The second kappa shape index (κ2) is 6.66. The Bertz CT molecular complexity index is 220. The van der Waals surface area contributed by atoms with Crippen molar-refractivity contribution in [1.29, 1.82) is 0 Å². The van der Waals surface area contributed by atoms with Gasteiger partial charge in [-0.25, -0.2) is 0 Å². The molecule has 1 unspecified atom stereocenters. The Hall–Kier alpha value is -0.200. The van der Waals surface area contributed by atoms with Gasteiger partial charge in [0, 0.05) is 52.4 Å². The van der Waals surface area contributed by atoms with E-state index < -0.39 is 0 Å². The van der Waals surface area contributed by atoms with E-state index in [2.05, 4.69) is 21.7 Å². The fourth-order valence-corrected chi connectivity index (χ4v) is 2.45. The van der Waals surface area contributed by atoms with Gasteiger partial charge in [0.1, 0.15) is 0 Å². The highest BCUT2D eigenvalue weighted by Crippen LogP contribution is 2.05. The minimum atomic E-state index is 0.0243. The summed E-state index contributed by atoms with van der Waals surface area (Å²) in [5.74, 6) is 0. The van der Waals surface area contributed by atoms with Crippen molar-refractivity contribution >= 4 is 0 Å². The van der Waals surface area contributed by atoms with E-state index >= 15 is 0 Å². The second-order valence-electron chi connectivity index (χ2n) is 5.12. The maximum Gasteiger partial charge on any atom is 0.0932 e. The molecule has 2 aliphatic heterocycles. The Morgan fingerprint density at radius 2 is 1.76 bits per heavy atom. The van der Waals surface area contributed by atoms with Crippen molar-refractivity contribution in [3.63, 3.8) is 0 Å². The van der Waals surface area contributed by atoms with Crippen LogP contribution in [0, 0.1) is 0 Å². The summed E-state index contributed by atoms with van der Waals surface area (Å²) in [4.78, 5) is 7.32. The molecule has 0 aliphatic carbocycles. The summed E-state index contributed by atoms with van der Waals surface area (Å²) in [6.45, 7) is 9.77. The lowest BCUT2D eigenvalue weighted by atomic mass is 10.2. The maximum absolute atomic E-state index is 9.09. The number of aliphatic hydroxyl groups is 1. The highest BCUT2D eigenvalue weighted by Gasteiger charge is 2.20. The van der Waals surface area contributed by atoms with Gasteiger partial charge < -0.3 is 14.7 Å². The number of morpholine rings is 1. The van der Waals surface area contributed by atoms with Crippen molar-refractivity contribution in [2.45, 2.75) is 6.10 Å². The molecule has 2 saturated heterocycles. The van der Waals surface area contributed by atoms with E-state index in [-0.39, 0.29) is 12.7 Å². The number of hydrogen-bond donors (Lipinski definition) is 1. The molecule has 0 aromatic heterocycles. The molecule has 5 nitrogen and oxygen atoms in total. The predicted molar refractivity (Wildman–Crippen MR) is 67.2 cm³/mol. The molecular weight excluding hydrogens is 218 g/mol. The fourth-order valence-electron chi connectivity index (χ4n) is 2.45. The lowest BCUT2D eigenvalue weighted by molar-refractivity contribution is -0.0546. The van der Waals surface area contributed by atoms with Crippen LogP contribution in [0.15, 0.2) is 0 Å². The summed E-state index contributed by atoms with van der Waals surface area (Å²) in [6.07, 6.45) is 0.0243. The zero-order valence-electron chi connectivity index (χ0n) is 10.8. The third-order valence-corrected chi connectivity index (χ3v) is 3.75. The van der Waals surface area contributed by atoms with Crippen molar-refractivity contribution in [2.75, 3.05) is 72.6 Å². The third kappa shape index (κ3) is 4.19. The standard InChI is InChI=1S/C12H25N3O2/c1-13-2-4-14(5-3-13)6-7-15-8-9-17-12(10-15)11-16/h12,16H,2-11H2,1H3. The monoisotopic (exact) mass is 243 g/mol. The Balaban J connectivity index is 1.64. The molecule has 2 aliphatic rings. The minimum absolute atomic E-state index is 0.0243. The summed E-state index contributed by atoms with van der Waals surface area (Å²) in [5, 5.41) is 9.09. The second-order valence-corrected chi connectivity index (χ2v) is 5.12. The average molecular weight is 243 g/mol. The van der Waals surface area contributed by atoms with E-state index in [1.165, 1.54) is 26.2 Å². The Morgan fingerprint density at radius 3 is 2.47 bits per heavy atom. The van der Waals surface area contributed by atoms with Crippen LogP contribution >= 0.6 is 0 Å². The van der Waals surface area contributed by atoms with E-state index in [9.17, 15) is 0 Å². The maximum atomic E-state index is 9.09. The minimum Gasteiger partial charge on any atom is -0.394 e. The molecule has 0 radical (unpaired) electrons. The van der Waals surface area contributed by atoms with Crippen molar-refractivity contribution in [3.05, 3.63) is 0 Å².